The van der Waals surface area contributed by atoms with Crippen molar-refractivity contribution in [2.75, 3.05) is 39.9 Å². The van der Waals surface area contributed by atoms with E-state index < -0.39 is 5.41 Å². The van der Waals surface area contributed by atoms with E-state index in [9.17, 15) is 9.59 Å². The van der Waals surface area contributed by atoms with Crippen LogP contribution in [0, 0.1) is 6.92 Å². The lowest BCUT2D eigenvalue weighted by Gasteiger charge is -2.45. The molecular formula is C26H33N3O3. The van der Waals surface area contributed by atoms with Gasteiger partial charge < -0.3 is 15.0 Å². The number of carbonyl (C=O) groups is 2. The predicted molar refractivity (Wildman–Crippen MR) is 124 cm³/mol. The van der Waals surface area contributed by atoms with Gasteiger partial charge >= 0.3 is 0 Å². The number of hydrogen-bond acceptors (Lipinski definition) is 4. The maximum absolute atomic E-state index is 14.0. The summed E-state index contributed by atoms with van der Waals surface area (Å²) in [5.74, 6) is 0.0784. The molecule has 0 bridgehead atoms. The molecule has 0 saturated carbocycles. The number of nitrogens with zero attached hydrogens (tertiary/aromatic N) is 2. The summed E-state index contributed by atoms with van der Waals surface area (Å²) in [7, 11) is 1.66. The lowest BCUT2D eigenvalue weighted by Crippen LogP contribution is -2.62. The highest BCUT2D eigenvalue weighted by Crippen LogP contribution is 2.38. The number of likely N-dealkylation sites (N-methyl/N-ethyl adjacent to an activating group) is 1. The Morgan fingerprint density at radius 1 is 1.06 bits per heavy atom. The van der Waals surface area contributed by atoms with Crippen molar-refractivity contribution in [2.45, 2.75) is 37.8 Å². The Balaban J connectivity index is 1.58. The largest absolute Gasteiger partial charge is 0.381 e. The maximum Gasteiger partial charge on any atom is 0.238 e. The van der Waals surface area contributed by atoms with Crippen LogP contribution < -0.4 is 5.32 Å². The van der Waals surface area contributed by atoms with Gasteiger partial charge in [0.2, 0.25) is 11.8 Å². The molecule has 2 aromatic rings. The Morgan fingerprint density at radius 2 is 1.81 bits per heavy atom. The van der Waals surface area contributed by atoms with E-state index in [-0.39, 0.29) is 17.9 Å². The standard InChI is InChI=1S/C26H33N3O3/c1-20-7-6-10-22(17-20)26(11-15-32-16-12-26)25(31)29-14-13-28(23(19-29)24(30)27-2)18-21-8-4-3-5-9-21/h3-10,17,23H,11-16,18-19H2,1-2H3,(H,27,30)/t23-/m1/s1. The highest BCUT2D eigenvalue weighted by Gasteiger charge is 2.46. The SMILES string of the molecule is CNC(=O)[C@H]1CN(C(=O)C2(c3cccc(C)c3)CCOCC2)CCN1Cc1ccccc1. The molecule has 0 radical (unpaired) electrons. The fourth-order valence-corrected chi connectivity index (χ4v) is 5.02. The molecule has 170 valence electrons. The minimum absolute atomic E-state index is 0.0463. The number of carbonyl (C=O) groups excluding carboxylic acids is 2. The van der Waals surface area contributed by atoms with E-state index in [0.29, 0.717) is 52.2 Å². The summed E-state index contributed by atoms with van der Waals surface area (Å²) in [5, 5.41) is 2.80. The summed E-state index contributed by atoms with van der Waals surface area (Å²) >= 11 is 0. The van der Waals surface area contributed by atoms with Crippen molar-refractivity contribution in [1.82, 2.24) is 15.1 Å². The van der Waals surface area contributed by atoms with Gasteiger partial charge in [-0.3, -0.25) is 14.5 Å². The lowest BCUT2D eigenvalue weighted by molar-refractivity contribution is -0.146. The minimum Gasteiger partial charge on any atom is -0.381 e. The van der Waals surface area contributed by atoms with Gasteiger partial charge in [-0.1, -0.05) is 60.2 Å². The van der Waals surface area contributed by atoms with E-state index in [0.717, 1.165) is 11.1 Å². The van der Waals surface area contributed by atoms with Gasteiger partial charge in [-0.15, -0.1) is 0 Å². The van der Waals surface area contributed by atoms with Crippen molar-refractivity contribution in [2.24, 2.45) is 0 Å². The van der Waals surface area contributed by atoms with E-state index in [4.69, 9.17) is 4.74 Å². The highest BCUT2D eigenvalue weighted by molar-refractivity contribution is 5.90. The van der Waals surface area contributed by atoms with Crippen molar-refractivity contribution >= 4 is 11.8 Å². The van der Waals surface area contributed by atoms with Crippen LogP contribution in [0.3, 0.4) is 0 Å². The van der Waals surface area contributed by atoms with E-state index in [1.54, 1.807) is 7.05 Å². The molecule has 2 saturated heterocycles. The fraction of sp³-hybridized carbons (Fsp3) is 0.462. The van der Waals surface area contributed by atoms with Crippen LogP contribution in [0.4, 0.5) is 0 Å². The second-order valence-electron chi connectivity index (χ2n) is 8.90. The molecule has 2 amide bonds. The zero-order valence-corrected chi connectivity index (χ0v) is 19.0. The number of benzene rings is 2. The Labute approximate surface area is 190 Å². The number of nitrogens with one attached hydrogen (secondary N) is 1. The van der Waals surface area contributed by atoms with E-state index in [2.05, 4.69) is 47.5 Å². The lowest BCUT2D eigenvalue weighted by atomic mass is 9.72. The first-order valence-electron chi connectivity index (χ1n) is 11.5. The Kier molecular flexibility index (Phi) is 6.92. The molecule has 1 N–H and O–H groups in total. The first-order valence-corrected chi connectivity index (χ1v) is 11.5. The molecule has 0 aliphatic carbocycles. The number of hydrogen-bond donors (Lipinski definition) is 1. The molecule has 32 heavy (non-hydrogen) atoms. The molecule has 2 aliphatic heterocycles. The van der Waals surface area contributed by atoms with E-state index >= 15 is 0 Å². The zero-order valence-electron chi connectivity index (χ0n) is 19.0. The summed E-state index contributed by atoms with van der Waals surface area (Å²) in [6.07, 6.45) is 1.34. The van der Waals surface area contributed by atoms with Crippen molar-refractivity contribution in [3.05, 3.63) is 71.3 Å². The van der Waals surface area contributed by atoms with Crippen molar-refractivity contribution in [1.29, 1.82) is 0 Å². The number of rotatable bonds is 5. The van der Waals surface area contributed by atoms with Gasteiger partial charge in [0.15, 0.2) is 0 Å². The number of ether oxygens (including phenoxy) is 1. The topological polar surface area (TPSA) is 61.9 Å². The zero-order chi connectivity index (χ0) is 22.6. The Bertz CT molecular complexity index is 940. The third kappa shape index (κ3) is 4.57. The van der Waals surface area contributed by atoms with Gasteiger partial charge in [-0.05, 0) is 30.9 Å². The number of piperazine rings is 1. The maximum atomic E-state index is 14.0. The molecule has 0 aromatic heterocycles. The number of amides is 2. The molecule has 2 aromatic carbocycles. The molecule has 6 heteroatoms. The summed E-state index contributed by atoms with van der Waals surface area (Å²) < 4.78 is 5.63. The molecule has 0 spiro atoms. The first-order chi connectivity index (χ1) is 15.5. The fourth-order valence-electron chi connectivity index (χ4n) is 5.02. The van der Waals surface area contributed by atoms with Gasteiger partial charge in [-0.2, -0.15) is 0 Å². The van der Waals surface area contributed by atoms with Crippen LogP contribution in [-0.4, -0.2) is 67.6 Å². The Hall–Kier alpha value is -2.70. The summed E-state index contributed by atoms with van der Waals surface area (Å²) in [6, 6.07) is 18.1. The predicted octanol–water partition coefficient (Wildman–Crippen LogP) is 2.50. The van der Waals surface area contributed by atoms with Crippen LogP contribution in [0.1, 0.15) is 29.5 Å². The normalized spacial score (nSPS) is 21.2. The first kappa shape index (κ1) is 22.5. The monoisotopic (exact) mass is 435 g/mol. The molecule has 0 unspecified atom stereocenters. The second-order valence-corrected chi connectivity index (χ2v) is 8.90. The molecular weight excluding hydrogens is 402 g/mol. The van der Waals surface area contributed by atoms with Crippen LogP contribution in [0.5, 0.6) is 0 Å². The second kappa shape index (κ2) is 9.84. The minimum atomic E-state index is -0.584. The van der Waals surface area contributed by atoms with E-state index in [1.165, 1.54) is 5.56 Å². The molecule has 4 rings (SSSR count). The summed E-state index contributed by atoms with van der Waals surface area (Å²) in [5.41, 5.74) is 2.80. The van der Waals surface area contributed by atoms with Crippen molar-refractivity contribution < 1.29 is 14.3 Å². The van der Waals surface area contributed by atoms with Crippen LogP contribution in [-0.2, 0) is 26.3 Å². The number of aryl methyl sites for hydroxylation is 1. The smallest absolute Gasteiger partial charge is 0.238 e. The van der Waals surface area contributed by atoms with Gasteiger partial charge in [-0.25, -0.2) is 0 Å². The molecule has 1 atom stereocenters. The quantitative estimate of drug-likeness (QED) is 0.784. The molecule has 2 aliphatic rings. The third-order valence-corrected chi connectivity index (χ3v) is 6.88. The van der Waals surface area contributed by atoms with Crippen LogP contribution in [0.15, 0.2) is 54.6 Å². The highest BCUT2D eigenvalue weighted by atomic mass is 16.5. The summed E-state index contributed by atoms with van der Waals surface area (Å²) in [4.78, 5) is 30.9. The van der Waals surface area contributed by atoms with Gasteiger partial charge in [0.25, 0.3) is 0 Å². The third-order valence-electron chi connectivity index (χ3n) is 6.88. The van der Waals surface area contributed by atoms with Gasteiger partial charge in [0, 0.05) is 46.4 Å². The van der Waals surface area contributed by atoms with Crippen LogP contribution in [0.2, 0.25) is 0 Å². The van der Waals surface area contributed by atoms with Crippen LogP contribution in [0.25, 0.3) is 0 Å². The average molecular weight is 436 g/mol. The van der Waals surface area contributed by atoms with Crippen molar-refractivity contribution in [3.8, 4) is 0 Å². The van der Waals surface area contributed by atoms with Crippen molar-refractivity contribution in [3.63, 3.8) is 0 Å². The molecule has 2 heterocycles. The van der Waals surface area contributed by atoms with E-state index in [1.807, 2.05) is 29.2 Å². The van der Waals surface area contributed by atoms with Crippen LogP contribution >= 0.6 is 0 Å². The molecule has 6 nitrogen and oxygen atoms in total. The summed E-state index contributed by atoms with van der Waals surface area (Å²) in [6.45, 7) is 5.59. The average Bonchev–Trinajstić information content (AvgIpc) is 2.84. The Morgan fingerprint density at radius 3 is 2.50 bits per heavy atom. The van der Waals surface area contributed by atoms with Gasteiger partial charge in [0.05, 0.1) is 5.41 Å². The molecule has 2 fully saturated rings. The van der Waals surface area contributed by atoms with Gasteiger partial charge in [0.1, 0.15) is 6.04 Å².